The first-order valence-corrected chi connectivity index (χ1v) is 11.4. The monoisotopic (exact) mass is 460 g/mol. The summed E-state index contributed by atoms with van der Waals surface area (Å²) in [6.45, 7) is 9.84. The highest BCUT2D eigenvalue weighted by Gasteiger charge is 2.36. The molecule has 9 nitrogen and oxygen atoms in total. The molecule has 2 aromatic heterocycles. The molecule has 0 unspecified atom stereocenters. The molecule has 0 saturated carbocycles. The van der Waals surface area contributed by atoms with Crippen LogP contribution >= 0.6 is 0 Å². The fraction of sp³-hybridized carbons (Fsp3) is 0.360. The van der Waals surface area contributed by atoms with Crippen LogP contribution in [-0.4, -0.2) is 69.5 Å². The van der Waals surface area contributed by atoms with Crippen molar-refractivity contribution in [1.29, 1.82) is 0 Å². The number of H-pyrrole nitrogens is 1. The Kier molecular flexibility index (Phi) is 5.47. The number of fused-ring (bicyclic) bond motifs is 2. The zero-order valence-corrected chi connectivity index (χ0v) is 19.4. The maximum Gasteiger partial charge on any atom is 0.255 e. The van der Waals surface area contributed by atoms with Gasteiger partial charge in [0.05, 0.1) is 23.3 Å². The van der Waals surface area contributed by atoms with Crippen molar-refractivity contribution in [2.45, 2.75) is 31.8 Å². The number of anilines is 1. The second kappa shape index (κ2) is 8.48. The number of aromatic nitrogens is 3. The van der Waals surface area contributed by atoms with Gasteiger partial charge in [0.15, 0.2) is 5.65 Å². The Morgan fingerprint density at radius 3 is 2.91 bits per heavy atom. The Morgan fingerprint density at radius 2 is 2.12 bits per heavy atom. The molecule has 176 valence electrons. The highest BCUT2D eigenvalue weighted by Crippen LogP contribution is 2.27. The number of nitrogens with zero attached hydrogens (tertiary/aromatic N) is 4. The highest BCUT2D eigenvalue weighted by atomic mass is 16.5. The molecular formula is C25H28N6O3. The number of rotatable bonds is 4. The van der Waals surface area contributed by atoms with Crippen LogP contribution in [0.5, 0.6) is 5.75 Å². The molecule has 0 spiro atoms. The summed E-state index contributed by atoms with van der Waals surface area (Å²) < 4.78 is 5.80. The number of amides is 2. The lowest BCUT2D eigenvalue weighted by atomic mass is 9.98. The molecule has 4 heterocycles. The number of carbonyl (C=O) groups excluding carboxylic acids is 2. The number of carbonyl (C=O) groups is 2. The fourth-order valence-corrected chi connectivity index (χ4v) is 4.76. The molecule has 9 heteroatoms. The largest absolute Gasteiger partial charge is 0.491 e. The number of piperazine rings is 1. The second-order valence-electron chi connectivity index (χ2n) is 9.35. The number of nitrogens with one attached hydrogen (secondary N) is 2. The summed E-state index contributed by atoms with van der Waals surface area (Å²) in [5, 5.41) is 3.07. The molecule has 1 saturated heterocycles. The van der Waals surface area contributed by atoms with Crippen molar-refractivity contribution in [1.82, 2.24) is 25.2 Å². The van der Waals surface area contributed by atoms with E-state index in [-0.39, 0.29) is 17.9 Å². The highest BCUT2D eigenvalue weighted by molar-refractivity contribution is 6.04. The summed E-state index contributed by atoms with van der Waals surface area (Å²) in [7, 11) is 0. The summed E-state index contributed by atoms with van der Waals surface area (Å²) >= 11 is 0. The van der Waals surface area contributed by atoms with E-state index in [9.17, 15) is 9.59 Å². The third-order valence-corrected chi connectivity index (χ3v) is 6.49. The molecule has 2 N–H and O–H groups in total. The van der Waals surface area contributed by atoms with E-state index in [0.29, 0.717) is 55.2 Å². The predicted octanol–water partition coefficient (Wildman–Crippen LogP) is 2.30. The summed E-state index contributed by atoms with van der Waals surface area (Å²) in [4.78, 5) is 41.6. The summed E-state index contributed by atoms with van der Waals surface area (Å²) in [6, 6.07) is 7.75. The van der Waals surface area contributed by atoms with Crippen molar-refractivity contribution >= 4 is 28.8 Å². The van der Waals surface area contributed by atoms with Gasteiger partial charge in [-0.2, -0.15) is 0 Å². The van der Waals surface area contributed by atoms with Crippen LogP contribution in [-0.2, 0) is 11.2 Å². The molecule has 2 aliphatic rings. The lowest BCUT2D eigenvalue weighted by Crippen LogP contribution is -2.61. The van der Waals surface area contributed by atoms with Crippen molar-refractivity contribution in [2.75, 3.05) is 31.1 Å². The standard InChI is InChI=1S/C25H28N6O3/c1-4-21(32)31-10-9-30(15-25(31,2)3)20-13-27-23-22(29-20)18(12-26-23)24(33)28-17-11-16-7-5-6-8-19(16)34-14-17/h4-8,12-13,17H,1,9-11,14-15H2,2-3H3,(H,26,27)(H,28,33)/t17-/m1/s1. The van der Waals surface area contributed by atoms with Crippen molar-refractivity contribution < 1.29 is 14.3 Å². The predicted molar refractivity (Wildman–Crippen MR) is 129 cm³/mol. The third kappa shape index (κ3) is 3.98. The molecule has 1 atom stereocenters. The van der Waals surface area contributed by atoms with E-state index in [4.69, 9.17) is 9.72 Å². The minimum atomic E-state index is -0.393. The van der Waals surface area contributed by atoms with Gasteiger partial charge in [-0.05, 0) is 38.0 Å². The fourth-order valence-electron chi connectivity index (χ4n) is 4.76. The molecule has 2 aliphatic heterocycles. The summed E-state index contributed by atoms with van der Waals surface area (Å²) in [5.41, 5.74) is 2.21. The molecule has 1 fully saturated rings. The second-order valence-corrected chi connectivity index (χ2v) is 9.35. The van der Waals surface area contributed by atoms with E-state index in [0.717, 1.165) is 11.3 Å². The van der Waals surface area contributed by atoms with Crippen LogP contribution in [0.15, 0.2) is 49.3 Å². The quantitative estimate of drug-likeness (QED) is 0.579. The summed E-state index contributed by atoms with van der Waals surface area (Å²) in [6.07, 6.45) is 5.41. The van der Waals surface area contributed by atoms with Gasteiger partial charge in [-0.3, -0.25) is 9.59 Å². The van der Waals surface area contributed by atoms with Crippen LogP contribution in [0.4, 0.5) is 5.82 Å². The average Bonchev–Trinajstić information content (AvgIpc) is 3.26. The molecule has 0 bridgehead atoms. The topological polar surface area (TPSA) is 103 Å². The molecule has 34 heavy (non-hydrogen) atoms. The van der Waals surface area contributed by atoms with Crippen LogP contribution in [0, 0.1) is 0 Å². The molecule has 3 aromatic rings. The molecular weight excluding hydrogens is 432 g/mol. The van der Waals surface area contributed by atoms with Gasteiger partial charge in [-0.15, -0.1) is 0 Å². The van der Waals surface area contributed by atoms with E-state index in [1.54, 1.807) is 12.4 Å². The molecule has 0 aliphatic carbocycles. The normalized spacial score (nSPS) is 19.3. The lowest BCUT2D eigenvalue weighted by Gasteiger charge is -2.47. The molecule has 0 radical (unpaired) electrons. The third-order valence-electron chi connectivity index (χ3n) is 6.49. The Hall–Kier alpha value is -3.88. The summed E-state index contributed by atoms with van der Waals surface area (Å²) in [5.74, 6) is 1.25. The first-order chi connectivity index (χ1) is 16.4. The maximum atomic E-state index is 13.1. The number of hydrogen-bond donors (Lipinski definition) is 2. The minimum absolute atomic E-state index is 0.0786. The number of aromatic amines is 1. The SMILES string of the molecule is C=CC(=O)N1CCN(c2cnc3[nH]cc(C(=O)N[C@H]4COc5ccccc5C4)c3n2)CC1(C)C. The minimum Gasteiger partial charge on any atom is -0.491 e. The van der Waals surface area contributed by atoms with Gasteiger partial charge in [-0.1, -0.05) is 24.8 Å². The Labute approximate surface area is 197 Å². The van der Waals surface area contributed by atoms with Crippen LogP contribution in [0.3, 0.4) is 0 Å². The zero-order chi connectivity index (χ0) is 23.9. The number of para-hydroxylation sites is 1. The molecule has 1 aromatic carbocycles. The Bertz CT molecular complexity index is 1270. The first kappa shape index (κ1) is 21.9. The van der Waals surface area contributed by atoms with Crippen LogP contribution in [0.2, 0.25) is 0 Å². The average molecular weight is 461 g/mol. The maximum absolute atomic E-state index is 13.1. The van der Waals surface area contributed by atoms with E-state index < -0.39 is 5.54 Å². The lowest BCUT2D eigenvalue weighted by molar-refractivity contribution is -0.131. The Balaban J connectivity index is 1.34. The van der Waals surface area contributed by atoms with Crippen LogP contribution in [0.1, 0.15) is 29.8 Å². The van der Waals surface area contributed by atoms with Crippen molar-refractivity contribution in [3.8, 4) is 5.75 Å². The van der Waals surface area contributed by atoms with Crippen molar-refractivity contribution in [2.24, 2.45) is 0 Å². The van der Waals surface area contributed by atoms with E-state index in [1.165, 1.54) is 6.08 Å². The van der Waals surface area contributed by atoms with Gasteiger partial charge in [0.1, 0.15) is 23.7 Å². The number of ether oxygens (including phenoxy) is 1. The van der Waals surface area contributed by atoms with Crippen LogP contribution in [0.25, 0.3) is 11.2 Å². The molecule has 5 rings (SSSR count). The van der Waals surface area contributed by atoms with Gasteiger partial charge in [0.25, 0.3) is 5.91 Å². The van der Waals surface area contributed by atoms with Crippen LogP contribution < -0.4 is 15.0 Å². The van der Waals surface area contributed by atoms with Gasteiger partial charge >= 0.3 is 0 Å². The van der Waals surface area contributed by atoms with E-state index in [1.807, 2.05) is 43.0 Å². The van der Waals surface area contributed by atoms with E-state index >= 15 is 0 Å². The van der Waals surface area contributed by atoms with Gasteiger partial charge < -0.3 is 24.8 Å². The van der Waals surface area contributed by atoms with E-state index in [2.05, 4.69) is 26.8 Å². The van der Waals surface area contributed by atoms with Gasteiger partial charge in [0, 0.05) is 25.8 Å². The zero-order valence-electron chi connectivity index (χ0n) is 19.4. The first-order valence-electron chi connectivity index (χ1n) is 11.4. The van der Waals surface area contributed by atoms with Crippen molar-refractivity contribution in [3.05, 3.63) is 60.4 Å². The van der Waals surface area contributed by atoms with Gasteiger partial charge in [-0.25, -0.2) is 9.97 Å². The number of hydrogen-bond acceptors (Lipinski definition) is 6. The smallest absolute Gasteiger partial charge is 0.255 e. The number of benzene rings is 1. The molecule has 2 amide bonds. The van der Waals surface area contributed by atoms with Gasteiger partial charge in [0.2, 0.25) is 5.91 Å². The Morgan fingerprint density at radius 1 is 1.29 bits per heavy atom. The van der Waals surface area contributed by atoms with Crippen molar-refractivity contribution in [3.63, 3.8) is 0 Å².